The first-order chi connectivity index (χ1) is 8.84. The van der Waals surface area contributed by atoms with E-state index < -0.39 is 0 Å². The van der Waals surface area contributed by atoms with Crippen LogP contribution in [-0.4, -0.2) is 9.55 Å². The molecule has 1 unspecified atom stereocenters. The lowest BCUT2D eigenvalue weighted by Gasteiger charge is -2.25. The van der Waals surface area contributed by atoms with Crippen molar-refractivity contribution in [3.63, 3.8) is 0 Å². The second-order valence-electron chi connectivity index (χ2n) is 6.18. The van der Waals surface area contributed by atoms with E-state index >= 15 is 0 Å². The zero-order valence-corrected chi connectivity index (χ0v) is 13.3. The number of benzene rings is 1. The van der Waals surface area contributed by atoms with Gasteiger partial charge in [0.1, 0.15) is 5.82 Å². The molecule has 0 aliphatic rings. The number of fused-ring (bicyclic) bond motifs is 1. The predicted molar refractivity (Wildman–Crippen MR) is 82.8 cm³/mol. The summed E-state index contributed by atoms with van der Waals surface area (Å²) in [5.74, 6) is 0.976. The first-order valence-corrected chi connectivity index (χ1v) is 7.38. The highest BCUT2D eigenvalue weighted by Gasteiger charge is 2.22. The third-order valence-corrected chi connectivity index (χ3v) is 4.03. The maximum absolute atomic E-state index is 6.31. The Balaban J connectivity index is 2.59. The largest absolute Gasteiger partial charge is 0.326 e. The van der Waals surface area contributed by atoms with Crippen LogP contribution in [0, 0.1) is 12.3 Å². The van der Waals surface area contributed by atoms with Gasteiger partial charge in [0.25, 0.3) is 0 Å². The van der Waals surface area contributed by atoms with Gasteiger partial charge in [-0.1, -0.05) is 26.8 Å². The van der Waals surface area contributed by atoms with Crippen LogP contribution in [0.15, 0.2) is 18.2 Å². The highest BCUT2D eigenvalue weighted by molar-refractivity contribution is 6.20. The van der Waals surface area contributed by atoms with Crippen LogP contribution < -0.4 is 0 Å². The number of hydrogen-bond donors (Lipinski definition) is 0. The second kappa shape index (κ2) is 5.16. The van der Waals surface area contributed by atoms with Gasteiger partial charge in [0.15, 0.2) is 0 Å². The minimum atomic E-state index is -0.0691. The van der Waals surface area contributed by atoms with Crippen molar-refractivity contribution in [1.29, 1.82) is 0 Å². The van der Waals surface area contributed by atoms with Gasteiger partial charge in [0, 0.05) is 6.54 Å². The number of aromatic nitrogens is 2. The van der Waals surface area contributed by atoms with Crippen LogP contribution in [0.5, 0.6) is 0 Å². The van der Waals surface area contributed by atoms with Gasteiger partial charge in [0.2, 0.25) is 0 Å². The zero-order chi connectivity index (χ0) is 14.2. The minimum absolute atomic E-state index is 0.0691. The van der Waals surface area contributed by atoms with Crippen molar-refractivity contribution in [2.75, 3.05) is 0 Å². The first kappa shape index (κ1) is 14.4. The smallest absolute Gasteiger partial charge is 0.127 e. The Labute approximate surface area is 120 Å². The van der Waals surface area contributed by atoms with Gasteiger partial charge >= 0.3 is 0 Å². The number of imidazole rings is 1. The van der Waals surface area contributed by atoms with Gasteiger partial charge in [-0.05, 0) is 43.4 Å². The monoisotopic (exact) mass is 278 g/mol. The molecule has 0 saturated carbocycles. The van der Waals surface area contributed by atoms with Crippen LogP contribution in [0.1, 0.15) is 50.9 Å². The molecule has 1 heterocycles. The van der Waals surface area contributed by atoms with Crippen molar-refractivity contribution in [1.82, 2.24) is 9.55 Å². The van der Waals surface area contributed by atoms with E-state index in [0.717, 1.165) is 24.3 Å². The molecule has 0 aliphatic carbocycles. The molecular formula is C16H23ClN2. The van der Waals surface area contributed by atoms with Gasteiger partial charge in [-0.2, -0.15) is 0 Å². The molecule has 2 rings (SSSR count). The van der Waals surface area contributed by atoms with E-state index in [9.17, 15) is 0 Å². The molecule has 0 saturated heterocycles. The fraction of sp³-hybridized carbons (Fsp3) is 0.562. The first-order valence-electron chi connectivity index (χ1n) is 6.95. The Morgan fingerprint density at radius 3 is 2.63 bits per heavy atom. The maximum atomic E-state index is 6.31. The lowest BCUT2D eigenvalue weighted by atomic mass is 9.90. The van der Waals surface area contributed by atoms with Gasteiger partial charge in [-0.15, -0.1) is 11.6 Å². The third kappa shape index (κ3) is 2.94. The fourth-order valence-electron chi connectivity index (χ4n) is 2.27. The van der Waals surface area contributed by atoms with Crippen molar-refractivity contribution in [2.24, 2.45) is 5.41 Å². The van der Waals surface area contributed by atoms with Crippen LogP contribution in [0.3, 0.4) is 0 Å². The molecule has 0 N–H and O–H groups in total. The average molecular weight is 279 g/mol. The molecule has 1 aromatic heterocycles. The highest BCUT2D eigenvalue weighted by atomic mass is 35.5. The summed E-state index contributed by atoms with van der Waals surface area (Å²) in [4.78, 5) is 4.72. The maximum Gasteiger partial charge on any atom is 0.127 e. The minimum Gasteiger partial charge on any atom is -0.326 e. The molecule has 0 aliphatic heterocycles. The summed E-state index contributed by atoms with van der Waals surface area (Å²) >= 11 is 6.31. The van der Waals surface area contributed by atoms with E-state index in [1.165, 1.54) is 11.1 Å². The van der Waals surface area contributed by atoms with Crippen LogP contribution in [-0.2, 0) is 6.54 Å². The van der Waals surface area contributed by atoms with E-state index in [1.54, 1.807) is 0 Å². The summed E-state index contributed by atoms with van der Waals surface area (Å²) in [6, 6.07) is 6.43. The number of rotatable bonds is 4. The topological polar surface area (TPSA) is 17.8 Å². The molecule has 2 nitrogen and oxygen atoms in total. The van der Waals surface area contributed by atoms with Crippen LogP contribution in [0.25, 0.3) is 11.0 Å². The Morgan fingerprint density at radius 2 is 2.05 bits per heavy atom. The summed E-state index contributed by atoms with van der Waals surface area (Å²) < 4.78 is 2.29. The zero-order valence-electron chi connectivity index (χ0n) is 12.5. The molecule has 0 amide bonds. The number of hydrogen-bond acceptors (Lipinski definition) is 1. The van der Waals surface area contributed by atoms with Gasteiger partial charge in [-0.25, -0.2) is 4.98 Å². The molecule has 19 heavy (non-hydrogen) atoms. The van der Waals surface area contributed by atoms with Gasteiger partial charge in [-0.3, -0.25) is 0 Å². The molecule has 0 radical (unpaired) electrons. The van der Waals surface area contributed by atoms with E-state index in [2.05, 4.69) is 50.5 Å². The predicted octanol–water partition coefficient (Wildman–Crippen LogP) is 5.08. The summed E-state index contributed by atoms with van der Waals surface area (Å²) in [6.07, 6.45) is 1.13. The van der Waals surface area contributed by atoms with E-state index in [0.29, 0.717) is 0 Å². The second-order valence-corrected chi connectivity index (χ2v) is 6.84. The van der Waals surface area contributed by atoms with Crippen molar-refractivity contribution < 1.29 is 0 Å². The lowest BCUT2D eigenvalue weighted by molar-refractivity contribution is 0.294. The number of nitrogens with zero attached hydrogens (tertiary/aromatic N) is 2. The Kier molecular flexibility index (Phi) is 3.91. The molecule has 3 heteroatoms. The standard InChI is InChI=1S/C16H23ClN2/c1-6-16(4,5)10-19-14-8-7-11(2)9-13(14)18-15(19)12(3)17/h7-9,12H,6,10H2,1-5H3. The quantitative estimate of drug-likeness (QED) is 0.713. The molecule has 0 bridgehead atoms. The van der Waals surface area contributed by atoms with Gasteiger partial charge in [0.05, 0.1) is 16.4 Å². The molecule has 0 spiro atoms. The molecular weight excluding hydrogens is 256 g/mol. The SMILES string of the molecule is CCC(C)(C)Cn1c(C(C)Cl)nc2cc(C)ccc21. The van der Waals surface area contributed by atoms with Crippen molar-refractivity contribution in [2.45, 2.75) is 53.0 Å². The summed E-state index contributed by atoms with van der Waals surface area (Å²) in [5.41, 5.74) is 3.73. The Hall–Kier alpha value is -1.02. The van der Waals surface area contributed by atoms with E-state index in [1.807, 2.05) is 6.92 Å². The number of aryl methyl sites for hydroxylation is 1. The van der Waals surface area contributed by atoms with Crippen LogP contribution in [0.4, 0.5) is 0 Å². The van der Waals surface area contributed by atoms with Gasteiger partial charge < -0.3 is 4.57 Å². The van der Waals surface area contributed by atoms with Crippen molar-refractivity contribution in [3.8, 4) is 0 Å². The van der Waals surface area contributed by atoms with Crippen molar-refractivity contribution in [3.05, 3.63) is 29.6 Å². The van der Waals surface area contributed by atoms with E-state index in [4.69, 9.17) is 16.6 Å². The summed E-state index contributed by atoms with van der Waals surface area (Å²) in [6.45, 7) is 11.8. The van der Waals surface area contributed by atoms with Crippen molar-refractivity contribution >= 4 is 22.6 Å². The van der Waals surface area contributed by atoms with E-state index in [-0.39, 0.29) is 10.8 Å². The van der Waals surface area contributed by atoms with Crippen LogP contribution in [0.2, 0.25) is 0 Å². The molecule has 1 atom stereocenters. The average Bonchev–Trinajstić information content (AvgIpc) is 2.67. The Morgan fingerprint density at radius 1 is 1.37 bits per heavy atom. The normalized spacial score (nSPS) is 14.0. The summed E-state index contributed by atoms with van der Waals surface area (Å²) in [7, 11) is 0. The third-order valence-electron chi connectivity index (χ3n) is 3.83. The Bertz CT molecular complexity index is 582. The molecule has 0 fully saturated rings. The highest BCUT2D eigenvalue weighted by Crippen LogP contribution is 2.30. The molecule has 2 aromatic rings. The number of halogens is 1. The fourth-order valence-corrected chi connectivity index (χ4v) is 2.43. The summed E-state index contributed by atoms with van der Waals surface area (Å²) in [5, 5.41) is -0.0691. The lowest BCUT2D eigenvalue weighted by Crippen LogP contribution is -2.20. The molecule has 104 valence electrons. The number of alkyl halides is 1. The van der Waals surface area contributed by atoms with Crippen LogP contribution >= 0.6 is 11.6 Å². The molecule has 1 aromatic carbocycles.